The second-order valence-corrected chi connectivity index (χ2v) is 8.19. The highest BCUT2D eigenvalue weighted by Crippen LogP contribution is 2.25. The fourth-order valence-corrected chi connectivity index (χ4v) is 3.58. The second kappa shape index (κ2) is 11.1. The first kappa shape index (κ1) is 24.4. The molecular weight excluding hydrogens is 454 g/mol. The Morgan fingerprint density at radius 3 is 1.89 bits per heavy atom. The number of aryl methyl sites for hydroxylation is 1. The van der Waals surface area contributed by atoms with E-state index in [1.54, 1.807) is 92.0 Å². The Morgan fingerprint density at radius 1 is 0.694 bits per heavy atom. The number of methoxy groups -OCH3 is 1. The lowest BCUT2D eigenvalue weighted by molar-refractivity contribution is 0.0280. The maximum atomic E-state index is 13.2. The summed E-state index contributed by atoms with van der Waals surface area (Å²) < 4.78 is 10.8. The van der Waals surface area contributed by atoms with Crippen molar-refractivity contribution < 1.29 is 23.9 Å². The molecule has 1 atom stereocenters. The van der Waals surface area contributed by atoms with Gasteiger partial charge in [-0.3, -0.25) is 9.59 Å². The zero-order valence-electron chi connectivity index (χ0n) is 19.9. The van der Waals surface area contributed by atoms with E-state index in [1.807, 2.05) is 25.1 Å². The first-order valence-corrected chi connectivity index (χ1v) is 11.4. The number of ketones is 1. The van der Waals surface area contributed by atoms with Crippen molar-refractivity contribution in [2.24, 2.45) is 0 Å². The van der Waals surface area contributed by atoms with Crippen molar-refractivity contribution in [1.29, 1.82) is 0 Å². The Labute approximate surface area is 209 Å². The fraction of sp³-hybridized carbons (Fsp3) is 0.100. The summed E-state index contributed by atoms with van der Waals surface area (Å²) in [6.45, 7) is 1.94. The average Bonchev–Trinajstić information content (AvgIpc) is 2.92. The van der Waals surface area contributed by atoms with E-state index in [-0.39, 0.29) is 17.3 Å². The molecule has 0 saturated carbocycles. The molecule has 4 aromatic carbocycles. The molecule has 0 heterocycles. The first-order chi connectivity index (χ1) is 17.4. The molecule has 1 amide bonds. The SMILES string of the molecule is COc1ccc(C(=O)Nc2ccc(C(=O)O[C@H](C(=O)c3ccc(C)cc3)c3ccccc3)cc2)cc1. The molecule has 0 spiro atoms. The van der Waals surface area contributed by atoms with E-state index in [2.05, 4.69) is 5.32 Å². The number of benzene rings is 4. The molecule has 0 aromatic heterocycles. The van der Waals surface area contributed by atoms with E-state index in [9.17, 15) is 14.4 Å². The zero-order valence-corrected chi connectivity index (χ0v) is 19.9. The van der Waals surface area contributed by atoms with Crippen LogP contribution in [0.15, 0.2) is 103 Å². The van der Waals surface area contributed by atoms with Crippen molar-refractivity contribution in [3.05, 3.63) is 131 Å². The van der Waals surface area contributed by atoms with E-state index >= 15 is 0 Å². The van der Waals surface area contributed by atoms with Crippen molar-refractivity contribution in [3.63, 3.8) is 0 Å². The summed E-state index contributed by atoms with van der Waals surface area (Å²) in [7, 11) is 1.56. The van der Waals surface area contributed by atoms with Crippen LogP contribution in [0.5, 0.6) is 5.75 Å². The number of nitrogens with one attached hydrogen (secondary N) is 1. The summed E-state index contributed by atoms with van der Waals surface area (Å²) in [6, 6.07) is 29.1. The summed E-state index contributed by atoms with van der Waals surface area (Å²) >= 11 is 0. The monoisotopic (exact) mass is 479 g/mol. The van der Waals surface area contributed by atoms with Crippen LogP contribution in [0.4, 0.5) is 5.69 Å². The number of carbonyl (C=O) groups excluding carboxylic acids is 3. The lowest BCUT2D eigenvalue weighted by Gasteiger charge is -2.18. The van der Waals surface area contributed by atoms with Crippen LogP contribution in [-0.4, -0.2) is 24.8 Å². The Hall–Kier alpha value is -4.71. The lowest BCUT2D eigenvalue weighted by Crippen LogP contribution is -2.20. The molecule has 6 heteroatoms. The van der Waals surface area contributed by atoms with Gasteiger partial charge in [0.1, 0.15) is 5.75 Å². The van der Waals surface area contributed by atoms with E-state index < -0.39 is 12.1 Å². The number of carbonyl (C=O) groups is 3. The number of rotatable bonds is 8. The summed E-state index contributed by atoms with van der Waals surface area (Å²) in [5, 5.41) is 2.79. The minimum absolute atomic E-state index is 0.259. The van der Waals surface area contributed by atoms with Crippen LogP contribution in [0.1, 0.15) is 48.3 Å². The average molecular weight is 480 g/mol. The standard InChI is InChI=1S/C30H25NO5/c1-20-8-10-21(11-9-20)27(32)28(22-6-4-3-5-7-22)36-30(34)24-12-16-25(17-13-24)31-29(33)23-14-18-26(35-2)19-15-23/h3-19,28H,1-2H3,(H,31,33)/t28-/m0/s1. The molecule has 0 radical (unpaired) electrons. The van der Waals surface area contributed by atoms with Gasteiger partial charge in [0.15, 0.2) is 6.10 Å². The highest BCUT2D eigenvalue weighted by molar-refractivity contribution is 6.05. The molecule has 0 aliphatic carbocycles. The maximum absolute atomic E-state index is 13.2. The first-order valence-electron chi connectivity index (χ1n) is 11.4. The third-order valence-electron chi connectivity index (χ3n) is 5.63. The minimum atomic E-state index is -1.09. The van der Waals surface area contributed by atoms with Crippen LogP contribution in [0.25, 0.3) is 0 Å². The molecule has 6 nitrogen and oxygen atoms in total. The topological polar surface area (TPSA) is 81.7 Å². The van der Waals surface area contributed by atoms with Gasteiger partial charge in [-0.25, -0.2) is 4.79 Å². The summed E-state index contributed by atoms with van der Waals surface area (Å²) in [4.78, 5) is 38.7. The molecule has 0 unspecified atom stereocenters. The van der Waals surface area contributed by atoms with Crippen LogP contribution in [0.2, 0.25) is 0 Å². The quantitative estimate of drug-likeness (QED) is 0.246. The molecule has 36 heavy (non-hydrogen) atoms. The van der Waals surface area contributed by atoms with Crippen LogP contribution in [-0.2, 0) is 4.74 Å². The number of anilines is 1. The third kappa shape index (κ3) is 5.85. The summed E-state index contributed by atoms with van der Waals surface area (Å²) in [5.74, 6) is -0.583. The highest BCUT2D eigenvalue weighted by atomic mass is 16.5. The molecular formula is C30H25NO5. The molecule has 0 aliphatic heterocycles. The molecule has 4 rings (SSSR count). The van der Waals surface area contributed by atoms with Crippen molar-refractivity contribution in [3.8, 4) is 5.75 Å². The van der Waals surface area contributed by atoms with Crippen molar-refractivity contribution in [1.82, 2.24) is 0 Å². The Balaban J connectivity index is 1.48. The van der Waals surface area contributed by atoms with Gasteiger partial charge in [-0.2, -0.15) is 0 Å². The van der Waals surface area contributed by atoms with Gasteiger partial charge < -0.3 is 14.8 Å². The van der Waals surface area contributed by atoms with Gasteiger partial charge in [-0.1, -0.05) is 60.2 Å². The van der Waals surface area contributed by atoms with Gasteiger partial charge in [0.25, 0.3) is 5.91 Å². The van der Waals surface area contributed by atoms with Gasteiger partial charge in [-0.05, 0) is 55.5 Å². The van der Waals surface area contributed by atoms with Crippen LogP contribution >= 0.6 is 0 Å². The Bertz CT molecular complexity index is 1350. The van der Waals surface area contributed by atoms with Crippen LogP contribution < -0.4 is 10.1 Å². The normalized spacial score (nSPS) is 11.3. The van der Waals surface area contributed by atoms with Gasteiger partial charge in [0.05, 0.1) is 12.7 Å². The maximum Gasteiger partial charge on any atom is 0.339 e. The van der Waals surface area contributed by atoms with E-state index in [0.29, 0.717) is 28.1 Å². The van der Waals surface area contributed by atoms with Crippen LogP contribution in [0.3, 0.4) is 0 Å². The van der Waals surface area contributed by atoms with E-state index in [1.165, 1.54) is 0 Å². The van der Waals surface area contributed by atoms with Gasteiger partial charge in [0.2, 0.25) is 5.78 Å². The molecule has 0 bridgehead atoms. The van der Waals surface area contributed by atoms with Gasteiger partial charge in [-0.15, -0.1) is 0 Å². The number of amides is 1. The Morgan fingerprint density at radius 2 is 1.28 bits per heavy atom. The van der Waals surface area contributed by atoms with E-state index in [4.69, 9.17) is 9.47 Å². The molecule has 0 saturated heterocycles. The number of esters is 1. The minimum Gasteiger partial charge on any atom is -0.497 e. The third-order valence-corrected chi connectivity index (χ3v) is 5.63. The predicted octanol–water partition coefficient (Wildman–Crippen LogP) is 6.04. The number of Topliss-reactive ketones (excluding diaryl/α,β-unsaturated/α-hetero) is 1. The number of hydrogen-bond acceptors (Lipinski definition) is 5. The van der Waals surface area contributed by atoms with Gasteiger partial charge in [0, 0.05) is 22.4 Å². The number of ether oxygens (including phenoxy) is 2. The molecule has 1 N–H and O–H groups in total. The van der Waals surface area contributed by atoms with E-state index in [0.717, 1.165) is 5.56 Å². The molecule has 4 aromatic rings. The smallest absolute Gasteiger partial charge is 0.339 e. The zero-order chi connectivity index (χ0) is 25.5. The second-order valence-electron chi connectivity index (χ2n) is 8.19. The molecule has 180 valence electrons. The van der Waals surface area contributed by atoms with Crippen molar-refractivity contribution >= 4 is 23.3 Å². The van der Waals surface area contributed by atoms with Gasteiger partial charge >= 0.3 is 5.97 Å². The predicted molar refractivity (Wildman–Crippen MR) is 137 cm³/mol. The molecule has 0 aliphatic rings. The largest absolute Gasteiger partial charge is 0.497 e. The molecule has 0 fully saturated rings. The Kier molecular flexibility index (Phi) is 7.56. The highest BCUT2D eigenvalue weighted by Gasteiger charge is 2.26. The fourth-order valence-electron chi connectivity index (χ4n) is 3.58. The van der Waals surface area contributed by atoms with Crippen molar-refractivity contribution in [2.45, 2.75) is 13.0 Å². The summed E-state index contributed by atoms with van der Waals surface area (Å²) in [6.07, 6.45) is -1.09. The lowest BCUT2D eigenvalue weighted by atomic mass is 9.99. The summed E-state index contributed by atoms with van der Waals surface area (Å²) in [5.41, 5.74) is 3.31. The number of hydrogen-bond donors (Lipinski definition) is 1. The van der Waals surface area contributed by atoms with Crippen LogP contribution in [0, 0.1) is 6.92 Å². The van der Waals surface area contributed by atoms with Crippen molar-refractivity contribution in [2.75, 3.05) is 12.4 Å².